The standard InChI is InChI=1S/C25H29N3O3/c1-24(2)14-17(15-25(3,4)28-24)27-22(29)16-8-10-18(11-9-16)31-21-7-5-6-20-19(21)12-13-26-23(20)30/h5-13,17,28H,14-15H2,1-4H3,(H,26,30)(H,27,29). The molecule has 2 heterocycles. The van der Waals surface area contributed by atoms with Gasteiger partial charge >= 0.3 is 0 Å². The zero-order chi connectivity index (χ0) is 22.2. The lowest BCUT2D eigenvalue weighted by atomic mass is 9.79. The molecule has 1 amide bonds. The average molecular weight is 420 g/mol. The van der Waals surface area contributed by atoms with Crippen molar-refractivity contribution in [3.63, 3.8) is 0 Å². The number of fused-ring (bicyclic) bond motifs is 1. The maximum atomic E-state index is 12.8. The molecule has 162 valence electrons. The molecule has 3 aromatic rings. The fourth-order valence-corrected chi connectivity index (χ4v) is 4.78. The molecule has 1 aromatic heterocycles. The van der Waals surface area contributed by atoms with Gasteiger partial charge in [-0.2, -0.15) is 0 Å². The van der Waals surface area contributed by atoms with Gasteiger partial charge in [0.1, 0.15) is 11.5 Å². The van der Waals surface area contributed by atoms with E-state index < -0.39 is 0 Å². The van der Waals surface area contributed by atoms with Gasteiger partial charge in [-0.3, -0.25) is 9.59 Å². The van der Waals surface area contributed by atoms with Crippen LogP contribution in [0, 0.1) is 0 Å². The Morgan fingerprint density at radius 3 is 2.32 bits per heavy atom. The van der Waals surface area contributed by atoms with E-state index in [0.717, 1.165) is 18.2 Å². The molecule has 0 unspecified atom stereocenters. The van der Waals surface area contributed by atoms with Crippen LogP contribution in [0.15, 0.2) is 59.5 Å². The highest BCUT2D eigenvalue weighted by molar-refractivity contribution is 5.94. The minimum absolute atomic E-state index is 0.0302. The Kier molecular flexibility index (Phi) is 5.35. The van der Waals surface area contributed by atoms with E-state index in [-0.39, 0.29) is 28.6 Å². The van der Waals surface area contributed by atoms with Crippen molar-refractivity contribution in [2.75, 3.05) is 0 Å². The smallest absolute Gasteiger partial charge is 0.255 e. The van der Waals surface area contributed by atoms with Crippen molar-refractivity contribution in [1.29, 1.82) is 0 Å². The molecule has 6 heteroatoms. The average Bonchev–Trinajstić information content (AvgIpc) is 2.67. The van der Waals surface area contributed by atoms with Crippen LogP contribution in [-0.2, 0) is 0 Å². The Labute approximate surface area is 182 Å². The fraction of sp³-hybridized carbons (Fsp3) is 0.360. The summed E-state index contributed by atoms with van der Waals surface area (Å²) in [5.74, 6) is 1.12. The van der Waals surface area contributed by atoms with Crippen molar-refractivity contribution in [2.45, 2.75) is 57.7 Å². The maximum absolute atomic E-state index is 12.8. The summed E-state index contributed by atoms with van der Waals surface area (Å²) in [6.07, 6.45) is 3.36. The second-order valence-electron chi connectivity index (χ2n) is 9.62. The summed E-state index contributed by atoms with van der Waals surface area (Å²) in [6, 6.07) is 14.4. The highest BCUT2D eigenvalue weighted by atomic mass is 16.5. The van der Waals surface area contributed by atoms with Gasteiger partial charge in [-0.15, -0.1) is 0 Å². The number of ether oxygens (including phenoxy) is 1. The summed E-state index contributed by atoms with van der Waals surface area (Å²) in [6.45, 7) is 8.67. The number of aromatic nitrogens is 1. The number of H-pyrrole nitrogens is 1. The lowest BCUT2D eigenvalue weighted by Crippen LogP contribution is -2.62. The quantitative estimate of drug-likeness (QED) is 0.587. The highest BCUT2D eigenvalue weighted by Gasteiger charge is 2.38. The number of nitrogens with one attached hydrogen (secondary N) is 3. The van der Waals surface area contributed by atoms with E-state index in [9.17, 15) is 9.59 Å². The van der Waals surface area contributed by atoms with Crippen molar-refractivity contribution < 1.29 is 9.53 Å². The highest BCUT2D eigenvalue weighted by Crippen LogP contribution is 2.30. The molecule has 3 N–H and O–H groups in total. The van der Waals surface area contributed by atoms with Crippen LogP contribution >= 0.6 is 0 Å². The van der Waals surface area contributed by atoms with E-state index in [1.54, 1.807) is 42.6 Å². The van der Waals surface area contributed by atoms with Crippen LogP contribution in [0.3, 0.4) is 0 Å². The molecular weight excluding hydrogens is 390 g/mol. The van der Waals surface area contributed by atoms with Crippen LogP contribution in [0.1, 0.15) is 50.9 Å². The van der Waals surface area contributed by atoms with Gasteiger partial charge in [0.25, 0.3) is 11.5 Å². The first-order valence-electron chi connectivity index (χ1n) is 10.6. The van der Waals surface area contributed by atoms with Crippen molar-refractivity contribution in [3.05, 3.63) is 70.6 Å². The minimum atomic E-state index is -0.153. The number of hydrogen-bond donors (Lipinski definition) is 3. The molecule has 31 heavy (non-hydrogen) atoms. The van der Waals surface area contributed by atoms with Crippen LogP contribution in [0.2, 0.25) is 0 Å². The van der Waals surface area contributed by atoms with Gasteiger partial charge < -0.3 is 20.4 Å². The summed E-state index contributed by atoms with van der Waals surface area (Å²) in [5, 5.41) is 8.13. The van der Waals surface area contributed by atoms with Crippen molar-refractivity contribution in [3.8, 4) is 11.5 Å². The summed E-state index contributed by atoms with van der Waals surface area (Å²) in [4.78, 5) is 27.5. The molecule has 0 bridgehead atoms. The monoisotopic (exact) mass is 419 g/mol. The van der Waals surface area contributed by atoms with Crippen molar-refractivity contribution >= 4 is 16.7 Å². The first kappa shape index (κ1) is 21.1. The molecule has 1 fully saturated rings. The summed E-state index contributed by atoms with van der Waals surface area (Å²) < 4.78 is 5.99. The second-order valence-corrected chi connectivity index (χ2v) is 9.62. The zero-order valence-electron chi connectivity index (χ0n) is 18.4. The van der Waals surface area contributed by atoms with Gasteiger partial charge in [-0.25, -0.2) is 0 Å². The fourth-order valence-electron chi connectivity index (χ4n) is 4.78. The number of carbonyl (C=O) groups is 1. The van der Waals surface area contributed by atoms with E-state index in [4.69, 9.17) is 4.74 Å². The molecular formula is C25H29N3O3. The van der Waals surface area contributed by atoms with Crippen LogP contribution in [-0.4, -0.2) is 28.0 Å². The maximum Gasteiger partial charge on any atom is 0.255 e. The van der Waals surface area contributed by atoms with Crippen molar-refractivity contribution in [2.24, 2.45) is 0 Å². The number of pyridine rings is 1. The number of rotatable bonds is 4. The largest absolute Gasteiger partial charge is 0.457 e. The Balaban J connectivity index is 1.47. The minimum Gasteiger partial charge on any atom is -0.457 e. The number of carbonyl (C=O) groups excluding carboxylic acids is 1. The van der Waals surface area contributed by atoms with E-state index in [1.165, 1.54) is 0 Å². The molecule has 1 saturated heterocycles. The molecule has 1 aliphatic rings. The van der Waals surface area contributed by atoms with Gasteiger partial charge in [-0.1, -0.05) is 6.07 Å². The summed E-state index contributed by atoms with van der Waals surface area (Å²) in [7, 11) is 0. The SMILES string of the molecule is CC1(C)CC(NC(=O)c2ccc(Oc3cccc4c(=O)[nH]ccc34)cc2)CC(C)(C)N1. The second kappa shape index (κ2) is 7.85. The number of amides is 1. The lowest BCUT2D eigenvalue weighted by molar-refractivity contribution is 0.0873. The third-order valence-electron chi connectivity index (χ3n) is 5.64. The van der Waals surface area contributed by atoms with Gasteiger partial charge in [0.05, 0.1) is 5.39 Å². The Morgan fingerprint density at radius 1 is 0.968 bits per heavy atom. The van der Waals surface area contributed by atoms with Gasteiger partial charge in [0, 0.05) is 34.3 Å². The number of aromatic amines is 1. The van der Waals surface area contributed by atoms with Crippen molar-refractivity contribution in [1.82, 2.24) is 15.6 Å². The lowest BCUT2D eigenvalue weighted by Gasteiger charge is -2.46. The molecule has 2 aromatic carbocycles. The topological polar surface area (TPSA) is 83.2 Å². The van der Waals surface area contributed by atoms with Crippen LogP contribution in [0.4, 0.5) is 0 Å². The molecule has 6 nitrogen and oxygen atoms in total. The van der Waals surface area contributed by atoms with E-state index >= 15 is 0 Å². The molecule has 0 saturated carbocycles. The Morgan fingerprint density at radius 2 is 1.65 bits per heavy atom. The van der Waals surface area contributed by atoms with Crippen LogP contribution in [0.5, 0.6) is 11.5 Å². The first-order valence-corrected chi connectivity index (χ1v) is 10.6. The molecule has 1 aliphatic heterocycles. The predicted octanol–water partition coefficient (Wildman–Crippen LogP) is 4.36. The summed E-state index contributed by atoms with van der Waals surface area (Å²) >= 11 is 0. The van der Waals surface area contributed by atoms with E-state index in [1.807, 2.05) is 12.1 Å². The van der Waals surface area contributed by atoms with Crippen LogP contribution in [0.25, 0.3) is 10.8 Å². The zero-order valence-corrected chi connectivity index (χ0v) is 18.4. The first-order chi connectivity index (χ1) is 14.6. The van der Waals surface area contributed by atoms with Gasteiger partial charge in [0.2, 0.25) is 0 Å². The molecule has 0 spiro atoms. The third kappa shape index (κ3) is 4.80. The molecule has 4 rings (SSSR count). The Bertz CT molecular complexity index is 1150. The van der Waals surface area contributed by atoms with E-state index in [0.29, 0.717) is 22.4 Å². The Hall–Kier alpha value is -3.12. The van der Waals surface area contributed by atoms with Gasteiger partial charge in [0.15, 0.2) is 0 Å². The number of benzene rings is 2. The molecule has 0 radical (unpaired) electrons. The molecule has 0 aliphatic carbocycles. The summed E-state index contributed by atoms with van der Waals surface area (Å²) in [5.41, 5.74) is 0.380. The van der Waals surface area contributed by atoms with Gasteiger partial charge in [-0.05, 0) is 83.0 Å². The normalized spacial score (nSPS) is 17.9. The number of piperidine rings is 1. The number of hydrogen-bond acceptors (Lipinski definition) is 4. The van der Waals surface area contributed by atoms with Crippen LogP contribution < -0.4 is 20.9 Å². The predicted molar refractivity (Wildman–Crippen MR) is 123 cm³/mol. The van der Waals surface area contributed by atoms with E-state index in [2.05, 4.69) is 43.3 Å². The molecule has 0 atom stereocenters. The third-order valence-corrected chi connectivity index (χ3v) is 5.64.